The van der Waals surface area contributed by atoms with Crippen LogP contribution in [0.5, 0.6) is 0 Å². The van der Waals surface area contributed by atoms with Gasteiger partial charge in [-0.2, -0.15) is 0 Å². The molecule has 2 amide bonds. The number of piperidine rings is 1. The van der Waals surface area contributed by atoms with Gasteiger partial charge in [-0.3, -0.25) is 9.59 Å². The summed E-state index contributed by atoms with van der Waals surface area (Å²) in [7, 11) is 0. The molecular weight excluding hydrogens is 361 g/mol. The summed E-state index contributed by atoms with van der Waals surface area (Å²) in [6, 6.07) is 4.76. The van der Waals surface area contributed by atoms with Crippen molar-refractivity contribution in [2.24, 2.45) is 0 Å². The van der Waals surface area contributed by atoms with Crippen LogP contribution in [0.25, 0.3) is 0 Å². The maximum absolute atomic E-state index is 13.3. The smallest absolute Gasteiger partial charge is 0.252 e. The molecule has 1 aromatic carbocycles. The normalized spacial score (nSPS) is 19.1. The number of hydrogen-bond donors (Lipinski definition) is 3. The number of carbonyl (C=O) groups is 2. The monoisotopic (exact) mass is 385 g/mol. The van der Waals surface area contributed by atoms with Gasteiger partial charge in [-0.1, -0.05) is 6.07 Å². The van der Waals surface area contributed by atoms with Crippen LogP contribution in [0.15, 0.2) is 30.6 Å². The van der Waals surface area contributed by atoms with Crippen LogP contribution in [0.4, 0.5) is 4.39 Å². The summed E-state index contributed by atoms with van der Waals surface area (Å²) in [5.74, 6) is -1.06. The Labute approximate surface area is 162 Å². The molecule has 4 rings (SSSR count). The number of halogens is 1. The van der Waals surface area contributed by atoms with Gasteiger partial charge in [0, 0.05) is 37.3 Å². The minimum Gasteiger partial charge on any atom is -0.348 e. The molecule has 1 fully saturated rings. The van der Waals surface area contributed by atoms with E-state index in [-0.39, 0.29) is 17.0 Å². The second kappa shape index (κ2) is 7.35. The van der Waals surface area contributed by atoms with Gasteiger partial charge in [0.2, 0.25) is 5.91 Å². The number of nitrogens with zero attached hydrogens (tertiary/aromatic N) is 2. The highest BCUT2D eigenvalue weighted by atomic mass is 19.1. The Kier molecular flexibility index (Phi) is 4.89. The van der Waals surface area contributed by atoms with Crippen molar-refractivity contribution >= 4 is 11.8 Å². The van der Waals surface area contributed by atoms with Crippen molar-refractivity contribution in [2.75, 3.05) is 19.6 Å². The van der Waals surface area contributed by atoms with E-state index < -0.39 is 17.8 Å². The first-order valence-electron chi connectivity index (χ1n) is 9.61. The van der Waals surface area contributed by atoms with E-state index in [1.54, 1.807) is 18.2 Å². The lowest BCUT2D eigenvalue weighted by Crippen LogP contribution is -2.57. The lowest BCUT2D eigenvalue weighted by atomic mass is 9.80. The van der Waals surface area contributed by atoms with Crippen LogP contribution in [0, 0.1) is 5.82 Å². The zero-order valence-corrected chi connectivity index (χ0v) is 15.8. The van der Waals surface area contributed by atoms with Gasteiger partial charge in [-0.05, 0) is 38.0 Å². The minimum absolute atomic E-state index is 0.127. The van der Waals surface area contributed by atoms with Gasteiger partial charge in [0.15, 0.2) is 0 Å². The van der Waals surface area contributed by atoms with Crippen molar-refractivity contribution in [3.05, 3.63) is 53.4 Å². The zero-order valence-electron chi connectivity index (χ0n) is 15.8. The van der Waals surface area contributed by atoms with Crippen LogP contribution < -0.4 is 10.6 Å². The summed E-state index contributed by atoms with van der Waals surface area (Å²) in [4.78, 5) is 34.6. The van der Waals surface area contributed by atoms with E-state index in [2.05, 4.69) is 20.6 Å². The third-order valence-corrected chi connectivity index (χ3v) is 5.74. The fourth-order valence-electron chi connectivity index (χ4n) is 4.20. The number of hydrogen-bond acceptors (Lipinski definition) is 4. The van der Waals surface area contributed by atoms with E-state index in [1.807, 2.05) is 0 Å². The molecule has 1 unspecified atom stereocenters. The summed E-state index contributed by atoms with van der Waals surface area (Å²) < 4.78 is 13.3. The highest BCUT2D eigenvalue weighted by Crippen LogP contribution is 2.35. The highest BCUT2D eigenvalue weighted by molar-refractivity contribution is 5.97. The first kappa shape index (κ1) is 18.6. The number of carbonyl (C=O) groups excluding carboxylic acids is 2. The first-order valence-corrected chi connectivity index (χ1v) is 9.61. The molecule has 0 saturated carbocycles. The number of rotatable bonds is 3. The Balaban J connectivity index is 1.37. The molecule has 2 aliphatic rings. The van der Waals surface area contributed by atoms with E-state index in [4.69, 9.17) is 0 Å². The predicted molar refractivity (Wildman–Crippen MR) is 101 cm³/mol. The van der Waals surface area contributed by atoms with Gasteiger partial charge in [-0.25, -0.2) is 9.37 Å². The van der Waals surface area contributed by atoms with Gasteiger partial charge in [0.25, 0.3) is 5.91 Å². The Hall–Kier alpha value is -2.74. The Bertz CT molecular complexity index is 888. The lowest BCUT2D eigenvalue weighted by Gasteiger charge is -2.44. The average molecular weight is 385 g/mol. The number of aromatic amines is 1. The molecule has 2 aromatic rings. The fourth-order valence-corrected chi connectivity index (χ4v) is 4.20. The third-order valence-electron chi connectivity index (χ3n) is 5.74. The molecule has 0 bridgehead atoms. The molecular formula is C20H24FN5O2. The predicted octanol–water partition coefficient (Wildman–Crippen LogP) is 1.33. The molecule has 2 aliphatic heterocycles. The lowest BCUT2D eigenvalue weighted by molar-refractivity contribution is -0.134. The van der Waals surface area contributed by atoms with Gasteiger partial charge in [-0.15, -0.1) is 0 Å². The van der Waals surface area contributed by atoms with Crippen LogP contribution in [0.2, 0.25) is 0 Å². The molecule has 148 valence electrons. The molecule has 3 heterocycles. The Morgan fingerprint density at radius 1 is 1.32 bits per heavy atom. The van der Waals surface area contributed by atoms with E-state index >= 15 is 0 Å². The maximum Gasteiger partial charge on any atom is 0.252 e. The van der Waals surface area contributed by atoms with E-state index in [1.165, 1.54) is 23.9 Å². The first-order chi connectivity index (χ1) is 13.5. The molecule has 0 radical (unpaired) electrons. The van der Waals surface area contributed by atoms with Crippen molar-refractivity contribution in [2.45, 2.75) is 37.8 Å². The Morgan fingerprint density at radius 2 is 2.11 bits per heavy atom. The summed E-state index contributed by atoms with van der Waals surface area (Å²) in [5, 5.41) is 6.27. The standard InChI is InChI=1S/C20H24FN5O2/c1-13(25-18(27)14-3-2-4-15(21)11-14)19(28)26-9-6-20(7-10-26)17-16(5-8-24-20)22-12-23-17/h2-4,11-13,24H,5-10H2,1H3,(H,22,23)(H,25,27). The van der Waals surface area contributed by atoms with Gasteiger partial charge < -0.3 is 20.5 Å². The van der Waals surface area contributed by atoms with Gasteiger partial charge in [0.1, 0.15) is 11.9 Å². The van der Waals surface area contributed by atoms with Crippen LogP contribution in [-0.2, 0) is 16.8 Å². The number of benzene rings is 1. The van der Waals surface area contributed by atoms with E-state index in [9.17, 15) is 14.0 Å². The van der Waals surface area contributed by atoms with Crippen molar-refractivity contribution in [3.8, 4) is 0 Å². The number of imidazole rings is 1. The molecule has 3 N–H and O–H groups in total. The number of fused-ring (bicyclic) bond motifs is 2. The fraction of sp³-hybridized carbons (Fsp3) is 0.450. The largest absolute Gasteiger partial charge is 0.348 e. The summed E-state index contributed by atoms with van der Waals surface area (Å²) in [6.45, 7) is 3.74. The number of amides is 2. The van der Waals surface area contributed by atoms with Crippen LogP contribution in [-0.4, -0.2) is 52.4 Å². The molecule has 1 spiro atoms. The minimum atomic E-state index is -0.676. The number of aromatic nitrogens is 2. The molecule has 7 nitrogen and oxygen atoms in total. The van der Waals surface area contributed by atoms with Gasteiger partial charge in [0.05, 0.1) is 17.6 Å². The Morgan fingerprint density at radius 3 is 2.86 bits per heavy atom. The topological polar surface area (TPSA) is 90.1 Å². The van der Waals surface area contributed by atoms with Crippen molar-refractivity contribution in [3.63, 3.8) is 0 Å². The molecule has 1 aromatic heterocycles. The number of likely N-dealkylation sites (tertiary alicyclic amines) is 1. The van der Waals surface area contributed by atoms with Crippen LogP contribution in [0.1, 0.15) is 41.5 Å². The second-order valence-electron chi connectivity index (χ2n) is 7.52. The highest BCUT2D eigenvalue weighted by Gasteiger charge is 2.42. The molecule has 1 atom stereocenters. The van der Waals surface area contributed by atoms with Crippen molar-refractivity contribution in [1.82, 2.24) is 25.5 Å². The molecule has 0 aliphatic carbocycles. The number of nitrogens with one attached hydrogen (secondary N) is 3. The second-order valence-corrected chi connectivity index (χ2v) is 7.52. The molecule has 8 heteroatoms. The third kappa shape index (κ3) is 3.40. The average Bonchev–Trinajstić information content (AvgIpc) is 3.18. The summed E-state index contributed by atoms with van der Waals surface area (Å²) in [5.41, 5.74) is 2.26. The van der Waals surface area contributed by atoms with Crippen molar-refractivity contribution < 1.29 is 14.0 Å². The van der Waals surface area contributed by atoms with Gasteiger partial charge >= 0.3 is 0 Å². The SMILES string of the molecule is CC(NC(=O)c1cccc(F)c1)C(=O)N1CCC2(CC1)NCCc1[nH]cnc12. The number of H-pyrrole nitrogens is 1. The summed E-state index contributed by atoms with van der Waals surface area (Å²) >= 11 is 0. The van der Waals surface area contributed by atoms with Crippen LogP contribution >= 0.6 is 0 Å². The van der Waals surface area contributed by atoms with E-state index in [0.717, 1.165) is 37.6 Å². The molecule has 28 heavy (non-hydrogen) atoms. The quantitative estimate of drug-likeness (QED) is 0.744. The zero-order chi connectivity index (χ0) is 19.7. The summed E-state index contributed by atoms with van der Waals surface area (Å²) in [6.07, 6.45) is 4.23. The van der Waals surface area contributed by atoms with Crippen molar-refractivity contribution in [1.29, 1.82) is 0 Å². The molecule has 1 saturated heterocycles. The van der Waals surface area contributed by atoms with Crippen LogP contribution in [0.3, 0.4) is 0 Å². The van der Waals surface area contributed by atoms with E-state index in [0.29, 0.717) is 13.1 Å². The maximum atomic E-state index is 13.3.